The fourth-order valence-corrected chi connectivity index (χ4v) is 3.87. The fourth-order valence-electron chi connectivity index (χ4n) is 2.10. The minimum absolute atomic E-state index is 0.00934. The monoisotopic (exact) mass is 389 g/mol. The van der Waals surface area contributed by atoms with Gasteiger partial charge in [0.15, 0.2) is 5.78 Å². The lowest BCUT2D eigenvalue weighted by atomic mass is 10.1. The molecular formula is C16H14Cl2FNO3S. The topological polar surface area (TPSA) is 63.2 Å². The normalized spacial score (nSPS) is 12.9. The molecule has 0 heterocycles. The van der Waals surface area contributed by atoms with E-state index in [-0.39, 0.29) is 26.3 Å². The molecule has 0 amide bonds. The Bertz CT molecular complexity index is 883. The molecule has 0 saturated carbocycles. The van der Waals surface area contributed by atoms with Crippen molar-refractivity contribution in [2.75, 3.05) is 0 Å². The van der Waals surface area contributed by atoms with Crippen LogP contribution in [0.5, 0.6) is 0 Å². The first-order chi connectivity index (χ1) is 11.1. The Labute approximate surface area is 149 Å². The molecule has 0 aliphatic carbocycles. The van der Waals surface area contributed by atoms with Crippen molar-refractivity contribution in [1.82, 2.24) is 4.72 Å². The summed E-state index contributed by atoms with van der Waals surface area (Å²) in [5.74, 6) is -0.850. The molecule has 0 aliphatic heterocycles. The summed E-state index contributed by atoms with van der Waals surface area (Å²) in [4.78, 5) is 11.2. The molecule has 2 rings (SSSR count). The van der Waals surface area contributed by atoms with Gasteiger partial charge < -0.3 is 0 Å². The number of carbonyl (C=O) groups excluding carboxylic acids is 1. The highest BCUT2D eigenvalue weighted by Crippen LogP contribution is 2.29. The van der Waals surface area contributed by atoms with Crippen LogP contribution in [-0.2, 0) is 10.0 Å². The molecule has 1 atom stereocenters. The highest BCUT2D eigenvalue weighted by Gasteiger charge is 2.21. The number of Topliss-reactive ketones (excluding diaryl/α,β-unsaturated/α-hetero) is 1. The molecule has 2 aromatic rings. The second kappa shape index (κ2) is 7.19. The fraction of sp³-hybridized carbons (Fsp3) is 0.188. The summed E-state index contributed by atoms with van der Waals surface area (Å²) in [6.45, 7) is 2.93. The van der Waals surface area contributed by atoms with E-state index in [0.717, 1.165) is 6.07 Å². The van der Waals surface area contributed by atoms with E-state index in [9.17, 15) is 17.6 Å². The Morgan fingerprint density at radius 1 is 1.12 bits per heavy atom. The van der Waals surface area contributed by atoms with Crippen LogP contribution >= 0.6 is 23.2 Å². The third kappa shape index (κ3) is 4.13. The van der Waals surface area contributed by atoms with Crippen LogP contribution in [-0.4, -0.2) is 14.2 Å². The molecule has 0 spiro atoms. The maximum absolute atomic E-state index is 13.6. The largest absolute Gasteiger partial charge is 0.295 e. The van der Waals surface area contributed by atoms with Crippen molar-refractivity contribution in [3.8, 4) is 0 Å². The van der Waals surface area contributed by atoms with Crippen molar-refractivity contribution < 1.29 is 17.6 Å². The molecule has 0 saturated heterocycles. The molecule has 0 unspecified atom stereocenters. The summed E-state index contributed by atoms with van der Waals surface area (Å²) in [7, 11) is -3.87. The number of halogens is 3. The predicted octanol–water partition coefficient (Wildman–Crippen LogP) is 4.37. The van der Waals surface area contributed by atoms with Crippen molar-refractivity contribution >= 4 is 39.0 Å². The van der Waals surface area contributed by atoms with Crippen LogP contribution in [0.4, 0.5) is 4.39 Å². The van der Waals surface area contributed by atoms with Gasteiger partial charge >= 0.3 is 0 Å². The lowest BCUT2D eigenvalue weighted by Gasteiger charge is -2.16. The minimum Gasteiger partial charge on any atom is -0.295 e. The van der Waals surface area contributed by atoms with Crippen LogP contribution < -0.4 is 4.72 Å². The molecule has 4 nitrogen and oxygen atoms in total. The van der Waals surface area contributed by atoms with E-state index < -0.39 is 21.9 Å². The molecule has 24 heavy (non-hydrogen) atoms. The second-order valence-electron chi connectivity index (χ2n) is 5.21. The van der Waals surface area contributed by atoms with Gasteiger partial charge in [-0.3, -0.25) is 4.79 Å². The van der Waals surface area contributed by atoms with Crippen LogP contribution in [0, 0.1) is 5.82 Å². The van der Waals surface area contributed by atoms with E-state index in [1.807, 2.05) is 0 Å². The summed E-state index contributed by atoms with van der Waals surface area (Å²) in [5, 5.41) is 0.0159. The van der Waals surface area contributed by atoms with E-state index in [1.54, 1.807) is 0 Å². The first-order valence-corrected chi connectivity index (χ1v) is 9.13. The van der Waals surface area contributed by atoms with Gasteiger partial charge in [0.25, 0.3) is 0 Å². The summed E-state index contributed by atoms with van der Waals surface area (Å²) < 4.78 is 40.8. The van der Waals surface area contributed by atoms with Crippen molar-refractivity contribution in [2.45, 2.75) is 24.8 Å². The minimum atomic E-state index is -3.87. The Balaban J connectivity index is 2.28. The Hall–Kier alpha value is -1.47. The molecule has 0 radical (unpaired) electrons. The first-order valence-electron chi connectivity index (χ1n) is 6.89. The van der Waals surface area contributed by atoms with E-state index in [4.69, 9.17) is 23.2 Å². The van der Waals surface area contributed by atoms with E-state index >= 15 is 0 Å². The summed E-state index contributed by atoms with van der Waals surface area (Å²) in [5.41, 5.74) is 0.673. The zero-order valence-corrected chi connectivity index (χ0v) is 15.1. The zero-order chi connectivity index (χ0) is 18.1. The average molecular weight is 390 g/mol. The maximum atomic E-state index is 13.6. The molecule has 128 valence electrons. The lowest BCUT2D eigenvalue weighted by Crippen LogP contribution is -2.27. The maximum Gasteiger partial charge on any atom is 0.241 e. The highest BCUT2D eigenvalue weighted by molar-refractivity contribution is 7.89. The standard InChI is InChI=1S/C16H14Cl2FNO3S/c1-9(13-7-16(19)15(18)8-14(13)17)20-24(22,23)12-5-3-11(4-6-12)10(2)21/h3-9,20H,1-2H3/t9-/m1/s1. The van der Waals surface area contributed by atoms with Gasteiger partial charge in [0, 0.05) is 16.6 Å². The van der Waals surface area contributed by atoms with Gasteiger partial charge in [-0.1, -0.05) is 35.3 Å². The van der Waals surface area contributed by atoms with Crippen molar-refractivity contribution in [2.24, 2.45) is 0 Å². The van der Waals surface area contributed by atoms with Crippen molar-refractivity contribution in [3.63, 3.8) is 0 Å². The van der Waals surface area contributed by atoms with Crippen LogP contribution in [0.2, 0.25) is 10.0 Å². The molecule has 1 N–H and O–H groups in total. The van der Waals surface area contributed by atoms with Crippen molar-refractivity contribution in [1.29, 1.82) is 0 Å². The zero-order valence-electron chi connectivity index (χ0n) is 12.8. The third-order valence-corrected chi connectivity index (χ3v) is 5.58. The van der Waals surface area contributed by atoms with Crippen molar-refractivity contribution in [3.05, 3.63) is 63.4 Å². The summed E-state index contributed by atoms with van der Waals surface area (Å²) in [6.07, 6.45) is 0. The highest BCUT2D eigenvalue weighted by atomic mass is 35.5. The smallest absolute Gasteiger partial charge is 0.241 e. The van der Waals surface area contributed by atoms with Gasteiger partial charge in [-0.15, -0.1) is 0 Å². The average Bonchev–Trinajstić information content (AvgIpc) is 2.50. The molecular weight excluding hydrogens is 376 g/mol. The van der Waals surface area contributed by atoms with E-state index in [0.29, 0.717) is 5.56 Å². The number of sulfonamides is 1. The molecule has 8 heteroatoms. The Morgan fingerprint density at radius 2 is 1.71 bits per heavy atom. The summed E-state index contributed by atoms with van der Waals surface area (Å²) >= 11 is 11.6. The van der Waals surface area contributed by atoms with Crippen LogP contribution in [0.1, 0.15) is 35.8 Å². The van der Waals surface area contributed by atoms with E-state index in [2.05, 4.69) is 4.72 Å². The molecule has 0 aromatic heterocycles. The van der Waals surface area contributed by atoms with Crippen LogP contribution in [0.15, 0.2) is 41.3 Å². The number of hydrogen-bond acceptors (Lipinski definition) is 3. The molecule has 0 bridgehead atoms. The molecule has 2 aromatic carbocycles. The molecule has 0 aliphatic rings. The quantitative estimate of drug-likeness (QED) is 0.609. The molecule has 0 fully saturated rings. The van der Waals surface area contributed by atoms with Gasteiger partial charge in [0.05, 0.1) is 9.92 Å². The SMILES string of the molecule is CC(=O)c1ccc(S(=O)(=O)N[C@H](C)c2cc(F)c(Cl)cc2Cl)cc1. The van der Waals surface area contributed by atoms with Crippen LogP contribution in [0.25, 0.3) is 0 Å². The lowest BCUT2D eigenvalue weighted by molar-refractivity contribution is 0.101. The van der Waals surface area contributed by atoms with E-state index in [1.165, 1.54) is 44.2 Å². The van der Waals surface area contributed by atoms with Gasteiger partial charge in [-0.25, -0.2) is 17.5 Å². The first kappa shape index (κ1) is 18.9. The van der Waals surface area contributed by atoms with Gasteiger partial charge in [0.1, 0.15) is 5.82 Å². The number of ketones is 1. The predicted molar refractivity (Wildman–Crippen MR) is 91.6 cm³/mol. The number of rotatable bonds is 5. The number of benzene rings is 2. The number of hydrogen-bond donors (Lipinski definition) is 1. The second-order valence-corrected chi connectivity index (χ2v) is 7.74. The van der Waals surface area contributed by atoms with Crippen LogP contribution in [0.3, 0.4) is 0 Å². The van der Waals surface area contributed by atoms with Gasteiger partial charge in [0.2, 0.25) is 10.0 Å². The summed E-state index contributed by atoms with van der Waals surface area (Å²) in [6, 6.07) is 7.05. The number of nitrogens with one attached hydrogen (secondary N) is 1. The van der Waals surface area contributed by atoms with Gasteiger partial charge in [-0.2, -0.15) is 0 Å². The van der Waals surface area contributed by atoms with Gasteiger partial charge in [-0.05, 0) is 43.7 Å². The Kier molecular flexibility index (Phi) is 5.65. The Morgan fingerprint density at radius 3 is 2.25 bits per heavy atom. The number of carbonyl (C=O) groups is 1. The third-order valence-electron chi connectivity index (χ3n) is 3.41.